The fraction of sp³-hybridized carbons (Fsp3) is 0.625. The molecule has 1 aromatic rings. The average molecular weight is 249 g/mol. The largest absolute Gasteiger partial charge is 0.497 e. The highest BCUT2D eigenvalue weighted by atomic mass is 16.5. The first-order valence-electron chi connectivity index (χ1n) is 6.75. The van der Waals surface area contributed by atoms with Crippen LogP contribution in [0.2, 0.25) is 0 Å². The van der Waals surface area contributed by atoms with Crippen LogP contribution in [0.25, 0.3) is 0 Å². The molecule has 0 aliphatic heterocycles. The molecule has 1 aromatic carbocycles. The predicted molar refractivity (Wildman–Crippen MR) is 78.2 cm³/mol. The van der Waals surface area contributed by atoms with E-state index in [-0.39, 0.29) is 0 Å². The summed E-state index contributed by atoms with van der Waals surface area (Å²) < 4.78 is 5.17. The van der Waals surface area contributed by atoms with E-state index in [1.165, 1.54) is 18.4 Å². The van der Waals surface area contributed by atoms with Gasteiger partial charge in [0.25, 0.3) is 0 Å². The molecule has 0 amide bonds. The lowest BCUT2D eigenvalue weighted by atomic mass is 9.86. The third-order valence-electron chi connectivity index (χ3n) is 3.21. The average Bonchev–Trinajstić information content (AvgIpc) is 2.33. The van der Waals surface area contributed by atoms with Crippen LogP contribution in [-0.2, 0) is 6.42 Å². The Balaban J connectivity index is 2.46. The molecule has 0 spiro atoms. The summed E-state index contributed by atoms with van der Waals surface area (Å²) in [6.07, 6.45) is 3.51. The molecule has 0 aliphatic rings. The van der Waals surface area contributed by atoms with Crippen molar-refractivity contribution in [1.82, 2.24) is 5.32 Å². The summed E-state index contributed by atoms with van der Waals surface area (Å²) in [5.41, 5.74) is 1.76. The molecule has 0 radical (unpaired) electrons. The van der Waals surface area contributed by atoms with Crippen molar-refractivity contribution in [1.29, 1.82) is 0 Å². The minimum absolute atomic E-state index is 0.383. The van der Waals surface area contributed by atoms with E-state index in [0.717, 1.165) is 12.2 Å². The number of benzene rings is 1. The topological polar surface area (TPSA) is 21.3 Å². The summed E-state index contributed by atoms with van der Waals surface area (Å²) in [5, 5.41) is 3.43. The summed E-state index contributed by atoms with van der Waals surface area (Å²) in [4.78, 5) is 0. The van der Waals surface area contributed by atoms with Gasteiger partial charge in [0, 0.05) is 6.04 Å². The lowest BCUT2D eigenvalue weighted by Crippen LogP contribution is -2.30. The van der Waals surface area contributed by atoms with Gasteiger partial charge < -0.3 is 10.1 Å². The zero-order valence-electron chi connectivity index (χ0n) is 12.4. The Morgan fingerprint density at radius 2 is 1.78 bits per heavy atom. The van der Waals surface area contributed by atoms with Crippen LogP contribution in [0.5, 0.6) is 5.75 Å². The Bertz CT molecular complexity index is 337. The minimum Gasteiger partial charge on any atom is -0.497 e. The standard InChI is InChI=1S/C16H27NO/c1-16(2,3)12-14(17-4)9-6-13-7-10-15(18-5)11-8-13/h7-8,10-11,14,17H,6,9,12H2,1-5H3. The lowest BCUT2D eigenvalue weighted by Gasteiger charge is -2.25. The molecule has 0 aliphatic carbocycles. The molecule has 2 heteroatoms. The first kappa shape index (κ1) is 15.0. The maximum Gasteiger partial charge on any atom is 0.118 e. The van der Waals surface area contributed by atoms with Crippen LogP contribution < -0.4 is 10.1 Å². The first-order valence-corrected chi connectivity index (χ1v) is 6.75. The summed E-state index contributed by atoms with van der Waals surface area (Å²) in [7, 11) is 3.76. The van der Waals surface area contributed by atoms with Gasteiger partial charge in [-0.05, 0) is 49.4 Å². The van der Waals surface area contributed by atoms with Crippen molar-refractivity contribution in [2.24, 2.45) is 5.41 Å². The number of aryl methyl sites for hydroxylation is 1. The number of ether oxygens (including phenoxy) is 1. The number of nitrogens with one attached hydrogen (secondary N) is 1. The van der Waals surface area contributed by atoms with E-state index in [4.69, 9.17) is 4.74 Å². The molecule has 102 valence electrons. The molecule has 0 saturated carbocycles. The molecule has 0 heterocycles. The molecular formula is C16H27NO. The SMILES string of the molecule is CNC(CCc1ccc(OC)cc1)CC(C)(C)C. The van der Waals surface area contributed by atoms with Crippen molar-refractivity contribution in [2.75, 3.05) is 14.2 Å². The van der Waals surface area contributed by atoms with Gasteiger partial charge in [-0.2, -0.15) is 0 Å². The number of hydrogen-bond donors (Lipinski definition) is 1. The van der Waals surface area contributed by atoms with Gasteiger partial charge in [-0.15, -0.1) is 0 Å². The van der Waals surface area contributed by atoms with Gasteiger partial charge in [0.2, 0.25) is 0 Å². The maximum atomic E-state index is 5.17. The summed E-state index contributed by atoms with van der Waals surface area (Å²) in [5.74, 6) is 0.929. The zero-order chi connectivity index (χ0) is 13.6. The van der Waals surface area contributed by atoms with Gasteiger partial charge in [-0.25, -0.2) is 0 Å². The molecule has 1 N–H and O–H groups in total. The van der Waals surface area contributed by atoms with Crippen LogP contribution in [0.15, 0.2) is 24.3 Å². The van der Waals surface area contributed by atoms with E-state index in [9.17, 15) is 0 Å². The molecular weight excluding hydrogens is 222 g/mol. The van der Waals surface area contributed by atoms with Gasteiger partial charge >= 0.3 is 0 Å². The van der Waals surface area contributed by atoms with E-state index >= 15 is 0 Å². The second-order valence-corrected chi connectivity index (χ2v) is 6.14. The van der Waals surface area contributed by atoms with Gasteiger partial charge in [0.15, 0.2) is 0 Å². The number of hydrogen-bond acceptors (Lipinski definition) is 2. The van der Waals surface area contributed by atoms with E-state index in [0.29, 0.717) is 11.5 Å². The Labute approximate surface area is 112 Å². The van der Waals surface area contributed by atoms with Crippen molar-refractivity contribution in [3.8, 4) is 5.75 Å². The highest BCUT2D eigenvalue weighted by Crippen LogP contribution is 2.23. The maximum absolute atomic E-state index is 5.17. The highest BCUT2D eigenvalue weighted by Gasteiger charge is 2.17. The fourth-order valence-corrected chi connectivity index (χ4v) is 2.22. The molecule has 0 bridgehead atoms. The van der Waals surface area contributed by atoms with Crippen molar-refractivity contribution in [2.45, 2.75) is 46.1 Å². The smallest absolute Gasteiger partial charge is 0.118 e. The molecule has 1 rings (SSSR count). The Kier molecular flexibility index (Phi) is 5.67. The van der Waals surface area contributed by atoms with Crippen LogP contribution in [-0.4, -0.2) is 20.2 Å². The van der Waals surface area contributed by atoms with Gasteiger partial charge in [-0.1, -0.05) is 32.9 Å². The van der Waals surface area contributed by atoms with Crippen molar-refractivity contribution < 1.29 is 4.74 Å². The molecule has 2 nitrogen and oxygen atoms in total. The normalized spacial score (nSPS) is 13.4. The number of rotatable bonds is 6. The second kappa shape index (κ2) is 6.79. The molecule has 0 aromatic heterocycles. The van der Waals surface area contributed by atoms with Crippen molar-refractivity contribution in [3.05, 3.63) is 29.8 Å². The van der Waals surface area contributed by atoms with E-state index < -0.39 is 0 Å². The fourth-order valence-electron chi connectivity index (χ4n) is 2.22. The molecule has 0 saturated heterocycles. The first-order chi connectivity index (χ1) is 8.44. The predicted octanol–water partition coefficient (Wildman–Crippen LogP) is 3.65. The van der Waals surface area contributed by atoms with E-state index in [1.807, 2.05) is 12.1 Å². The summed E-state index contributed by atoms with van der Waals surface area (Å²) in [6.45, 7) is 6.89. The zero-order valence-corrected chi connectivity index (χ0v) is 12.4. The van der Waals surface area contributed by atoms with E-state index in [1.54, 1.807) is 7.11 Å². The third-order valence-corrected chi connectivity index (χ3v) is 3.21. The summed E-state index contributed by atoms with van der Waals surface area (Å²) in [6, 6.07) is 8.97. The Morgan fingerprint density at radius 3 is 2.22 bits per heavy atom. The quantitative estimate of drug-likeness (QED) is 0.831. The molecule has 1 atom stereocenters. The monoisotopic (exact) mass is 249 g/mol. The number of methoxy groups -OCH3 is 1. The summed E-state index contributed by atoms with van der Waals surface area (Å²) >= 11 is 0. The van der Waals surface area contributed by atoms with Crippen LogP contribution in [0, 0.1) is 5.41 Å². The van der Waals surface area contributed by atoms with Gasteiger partial charge in [0.1, 0.15) is 5.75 Å². The van der Waals surface area contributed by atoms with Crippen molar-refractivity contribution in [3.63, 3.8) is 0 Å². The molecule has 1 unspecified atom stereocenters. The van der Waals surface area contributed by atoms with Crippen molar-refractivity contribution >= 4 is 0 Å². The van der Waals surface area contributed by atoms with Crippen LogP contribution >= 0.6 is 0 Å². The van der Waals surface area contributed by atoms with E-state index in [2.05, 4.69) is 45.3 Å². The molecule has 18 heavy (non-hydrogen) atoms. The lowest BCUT2D eigenvalue weighted by molar-refractivity contribution is 0.308. The second-order valence-electron chi connectivity index (χ2n) is 6.14. The van der Waals surface area contributed by atoms with Crippen LogP contribution in [0.3, 0.4) is 0 Å². The van der Waals surface area contributed by atoms with Crippen LogP contribution in [0.1, 0.15) is 39.2 Å². The minimum atomic E-state index is 0.383. The third kappa shape index (κ3) is 5.54. The van der Waals surface area contributed by atoms with Gasteiger partial charge in [0.05, 0.1) is 7.11 Å². The Morgan fingerprint density at radius 1 is 1.17 bits per heavy atom. The van der Waals surface area contributed by atoms with Crippen LogP contribution in [0.4, 0.5) is 0 Å². The Hall–Kier alpha value is -1.02. The molecule has 0 fully saturated rings. The van der Waals surface area contributed by atoms with Gasteiger partial charge in [-0.3, -0.25) is 0 Å². The highest BCUT2D eigenvalue weighted by molar-refractivity contribution is 5.27.